The molecule has 3 rings (SSSR count). The zero-order valence-corrected chi connectivity index (χ0v) is 14.8. The van der Waals surface area contributed by atoms with Crippen LogP contribution in [-0.2, 0) is 17.1 Å². The van der Waals surface area contributed by atoms with Gasteiger partial charge in [0.25, 0.3) is 0 Å². The van der Waals surface area contributed by atoms with Gasteiger partial charge in [-0.2, -0.15) is 4.72 Å². The van der Waals surface area contributed by atoms with Crippen LogP contribution < -0.4 is 4.72 Å². The van der Waals surface area contributed by atoms with Crippen LogP contribution in [-0.4, -0.2) is 18.0 Å². The monoisotopic (exact) mass is 379 g/mol. The van der Waals surface area contributed by atoms with Crippen LogP contribution in [0.25, 0.3) is 0 Å². The second-order valence-corrected chi connectivity index (χ2v) is 7.61. The summed E-state index contributed by atoms with van der Waals surface area (Å²) in [6, 6.07) is 10.7. The predicted molar refractivity (Wildman–Crippen MR) is 93.2 cm³/mol. The predicted octanol–water partition coefficient (Wildman–Crippen LogP) is 3.28. The van der Waals surface area contributed by atoms with Crippen LogP contribution >= 0.6 is 11.6 Å². The van der Waals surface area contributed by atoms with Crippen LogP contribution in [0.1, 0.15) is 17.4 Å². The van der Waals surface area contributed by atoms with E-state index in [0.717, 1.165) is 0 Å². The molecule has 0 aliphatic carbocycles. The molecule has 0 saturated heterocycles. The van der Waals surface area contributed by atoms with E-state index in [9.17, 15) is 12.8 Å². The number of imidazole rings is 1. The summed E-state index contributed by atoms with van der Waals surface area (Å²) in [5.74, 6) is -0.00876. The minimum Gasteiger partial charge on any atom is -0.336 e. The Labute approximate surface area is 150 Å². The Balaban J connectivity index is 2.03. The molecule has 0 amide bonds. The number of sulfonamides is 1. The topological polar surface area (TPSA) is 64.0 Å². The molecule has 1 N–H and O–H groups in total. The fourth-order valence-electron chi connectivity index (χ4n) is 2.45. The van der Waals surface area contributed by atoms with Crippen LogP contribution in [0.3, 0.4) is 0 Å². The summed E-state index contributed by atoms with van der Waals surface area (Å²) in [7, 11) is -2.12. The summed E-state index contributed by atoms with van der Waals surface area (Å²) in [6.07, 6.45) is 3.25. The third-order valence-electron chi connectivity index (χ3n) is 3.70. The highest BCUT2D eigenvalue weighted by Gasteiger charge is 2.26. The van der Waals surface area contributed by atoms with Crippen molar-refractivity contribution in [2.24, 2.45) is 7.05 Å². The Morgan fingerprint density at radius 2 is 1.92 bits per heavy atom. The van der Waals surface area contributed by atoms with Crippen molar-refractivity contribution < 1.29 is 12.8 Å². The quantitative estimate of drug-likeness (QED) is 0.739. The first-order chi connectivity index (χ1) is 11.9. The van der Waals surface area contributed by atoms with Crippen molar-refractivity contribution >= 4 is 21.6 Å². The molecule has 0 radical (unpaired) electrons. The lowest BCUT2D eigenvalue weighted by Gasteiger charge is -2.19. The third kappa shape index (κ3) is 3.89. The van der Waals surface area contributed by atoms with Gasteiger partial charge in [-0.3, -0.25) is 0 Å². The summed E-state index contributed by atoms with van der Waals surface area (Å²) in [5.41, 5.74) is 0.451. The van der Waals surface area contributed by atoms with Crippen LogP contribution in [0.2, 0.25) is 5.02 Å². The molecule has 1 aromatic heterocycles. The molecule has 130 valence electrons. The van der Waals surface area contributed by atoms with E-state index in [1.54, 1.807) is 30.1 Å². The lowest BCUT2D eigenvalue weighted by Crippen LogP contribution is -2.31. The fraction of sp³-hybridized carbons (Fsp3) is 0.118. The van der Waals surface area contributed by atoms with Gasteiger partial charge in [-0.05, 0) is 42.0 Å². The molecule has 5 nitrogen and oxygen atoms in total. The first-order valence-electron chi connectivity index (χ1n) is 7.37. The number of benzene rings is 2. The zero-order chi connectivity index (χ0) is 18.0. The van der Waals surface area contributed by atoms with E-state index < -0.39 is 21.9 Å². The van der Waals surface area contributed by atoms with Crippen LogP contribution in [0.15, 0.2) is 65.8 Å². The Kier molecular flexibility index (Phi) is 4.89. The van der Waals surface area contributed by atoms with E-state index in [2.05, 4.69) is 9.71 Å². The smallest absolute Gasteiger partial charge is 0.241 e. The summed E-state index contributed by atoms with van der Waals surface area (Å²) >= 11 is 5.81. The summed E-state index contributed by atoms with van der Waals surface area (Å²) < 4.78 is 43.4. The third-order valence-corrected chi connectivity index (χ3v) is 5.39. The van der Waals surface area contributed by atoms with Gasteiger partial charge in [0, 0.05) is 24.5 Å². The van der Waals surface area contributed by atoms with Crippen molar-refractivity contribution in [3.05, 3.63) is 83.2 Å². The number of nitrogens with one attached hydrogen (secondary N) is 1. The number of hydrogen-bond acceptors (Lipinski definition) is 3. The maximum Gasteiger partial charge on any atom is 0.241 e. The maximum atomic E-state index is 13.7. The Morgan fingerprint density at radius 1 is 1.20 bits per heavy atom. The number of hydrogen-bond donors (Lipinski definition) is 1. The van der Waals surface area contributed by atoms with Gasteiger partial charge >= 0.3 is 0 Å². The van der Waals surface area contributed by atoms with E-state index >= 15 is 0 Å². The first kappa shape index (κ1) is 17.6. The molecular weight excluding hydrogens is 365 g/mol. The van der Waals surface area contributed by atoms with Crippen molar-refractivity contribution in [1.82, 2.24) is 14.3 Å². The Bertz CT molecular complexity index is 987. The van der Waals surface area contributed by atoms with Gasteiger partial charge in [-0.1, -0.05) is 23.7 Å². The van der Waals surface area contributed by atoms with Crippen LogP contribution in [0.4, 0.5) is 4.39 Å². The normalized spacial score (nSPS) is 12.9. The van der Waals surface area contributed by atoms with Gasteiger partial charge < -0.3 is 4.57 Å². The second kappa shape index (κ2) is 6.95. The van der Waals surface area contributed by atoms with Gasteiger partial charge in [0.15, 0.2) is 0 Å². The van der Waals surface area contributed by atoms with Crippen molar-refractivity contribution in [1.29, 1.82) is 0 Å². The molecule has 1 unspecified atom stereocenters. The highest BCUT2D eigenvalue weighted by atomic mass is 35.5. The minimum absolute atomic E-state index is 0.0625. The largest absolute Gasteiger partial charge is 0.336 e. The lowest BCUT2D eigenvalue weighted by molar-refractivity contribution is 0.560. The Morgan fingerprint density at radius 3 is 2.52 bits per heavy atom. The molecule has 1 atom stereocenters. The second-order valence-electron chi connectivity index (χ2n) is 5.46. The fourth-order valence-corrected chi connectivity index (χ4v) is 3.76. The molecule has 25 heavy (non-hydrogen) atoms. The molecule has 0 spiro atoms. The van der Waals surface area contributed by atoms with E-state index in [1.807, 2.05) is 0 Å². The molecule has 1 heterocycles. The first-order valence-corrected chi connectivity index (χ1v) is 9.23. The number of aryl methyl sites for hydroxylation is 1. The zero-order valence-electron chi connectivity index (χ0n) is 13.2. The van der Waals surface area contributed by atoms with Crippen molar-refractivity contribution in [2.45, 2.75) is 10.9 Å². The van der Waals surface area contributed by atoms with Crippen LogP contribution in [0, 0.1) is 5.82 Å². The minimum atomic E-state index is -3.86. The Hall–Kier alpha value is -2.22. The molecule has 2 aromatic carbocycles. The van der Waals surface area contributed by atoms with Crippen molar-refractivity contribution in [2.75, 3.05) is 0 Å². The number of nitrogens with zero attached hydrogens (tertiary/aromatic N) is 2. The lowest BCUT2D eigenvalue weighted by atomic mass is 10.1. The molecule has 0 aliphatic heterocycles. The van der Waals surface area contributed by atoms with Gasteiger partial charge in [0.1, 0.15) is 17.7 Å². The van der Waals surface area contributed by atoms with Gasteiger partial charge in [0.05, 0.1) is 4.90 Å². The van der Waals surface area contributed by atoms with Crippen molar-refractivity contribution in [3.63, 3.8) is 0 Å². The molecule has 0 fully saturated rings. The maximum absolute atomic E-state index is 13.7. The SMILES string of the molecule is Cn1ccnc1C(NS(=O)(=O)c1ccc(Cl)cc1)c1cccc(F)c1. The molecular formula is C17H15ClFN3O2S. The number of halogens is 2. The summed E-state index contributed by atoms with van der Waals surface area (Å²) in [4.78, 5) is 4.27. The standard InChI is InChI=1S/C17H15ClFN3O2S/c1-22-10-9-20-17(22)16(12-3-2-4-14(19)11-12)21-25(23,24)15-7-5-13(18)6-8-15/h2-11,16,21H,1H3. The number of rotatable bonds is 5. The van der Waals surface area contributed by atoms with E-state index in [1.165, 1.54) is 42.5 Å². The van der Waals surface area contributed by atoms with E-state index in [4.69, 9.17) is 11.6 Å². The molecule has 8 heteroatoms. The average Bonchev–Trinajstić information content (AvgIpc) is 2.99. The molecule has 0 saturated carbocycles. The van der Waals surface area contributed by atoms with Crippen LogP contribution in [0.5, 0.6) is 0 Å². The average molecular weight is 380 g/mol. The highest BCUT2D eigenvalue weighted by molar-refractivity contribution is 7.89. The van der Waals surface area contributed by atoms with E-state index in [0.29, 0.717) is 16.4 Å². The van der Waals surface area contributed by atoms with Gasteiger partial charge in [0.2, 0.25) is 10.0 Å². The van der Waals surface area contributed by atoms with Gasteiger partial charge in [-0.15, -0.1) is 0 Å². The van der Waals surface area contributed by atoms with Crippen molar-refractivity contribution in [3.8, 4) is 0 Å². The molecule has 0 bridgehead atoms. The van der Waals surface area contributed by atoms with E-state index in [-0.39, 0.29) is 4.90 Å². The molecule has 0 aliphatic rings. The highest BCUT2D eigenvalue weighted by Crippen LogP contribution is 2.24. The summed E-state index contributed by atoms with van der Waals surface area (Å²) in [5, 5.41) is 0.435. The molecule has 3 aromatic rings. The number of aromatic nitrogens is 2. The summed E-state index contributed by atoms with van der Waals surface area (Å²) in [6.45, 7) is 0. The van der Waals surface area contributed by atoms with Gasteiger partial charge in [-0.25, -0.2) is 17.8 Å².